The highest BCUT2D eigenvalue weighted by molar-refractivity contribution is 7.98. The largest absolute Gasteiger partial charge is 0.325 e. The zero-order chi connectivity index (χ0) is 7.40. The van der Waals surface area contributed by atoms with Gasteiger partial charge in [-0.2, -0.15) is 0 Å². The molecule has 62 valence electrons. The van der Waals surface area contributed by atoms with Crippen LogP contribution < -0.4 is 5.73 Å². The van der Waals surface area contributed by atoms with Crippen molar-refractivity contribution in [1.29, 1.82) is 0 Å². The van der Waals surface area contributed by atoms with Crippen LogP contribution in [0.5, 0.6) is 0 Å². The Labute approximate surface area is 75.4 Å². The van der Waals surface area contributed by atoms with Gasteiger partial charge in [0.1, 0.15) is 0 Å². The third-order valence-corrected chi connectivity index (χ3v) is 1.53. The number of hydrogen-bond acceptors (Lipinski definition) is 5. The first-order chi connectivity index (χ1) is 4.86. The second kappa shape index (κ2) is 5.29. The molecule has 0 amide bonds. The van der Waals surface area contributed by atoms with E-state index >= 15 is 0 Å². The molecule has 1 rings (SSSR count). The summed E-state index contributed by atoms with van der Waals surface area (Å²) in [5.41, 5.74) is 6.01. The second-order valence-electron chi connectivity index (χ2n) is 1.64. The summed E-state index contributed by atoms with van der Waals surface area (Å²) < 4.78 is 0. The third kappa shape index (κ3) is 3.00. The zero-order valence-corrected chi connectivity index (χ0v) is 7.65. The van der Waals surface area contributed by atoms with Crippen molar-refractivity contribution in [3.63, 3.8) is 0 Å². The van der Waals surface area contributed by atoms with Crippen molar-refractivity contribution in [2.24, 2.45) is 5.73 Å². The predicted octanol–water partition coefficient (Wildman–Crippen LogP) is 0.474. The number of hydrogen-bond donors (Lipinski definition) is 1. The molecule has 0 saturated carbocycles. The van der Waals surface area contributed by atoms with E-state index in [1.807, 2.05) is 6.26 Å². The van der Waals surface area contributed by atoms with Crippen molar-refractivity contribution in [2.75, 3.05) is 6.26 Å². The molecule has 0 aromatic carbocycles. The lowest BCUT2D eigenvalue weighted by Crippen LogP contribution is -2.02. The number of nitrogens with zero attached hydrogens (tertiary/aromatic N) is 3. The minimum Gasteiger partial charge on any atom is -0.325 e. The molecule has 0 aliphatic heterocycles. The van der Waals surface area contributed by atoms with Gasteiger partial charge in [-0.3, -0.25) is 0 Å². The molecular weight excluding hydrogens is 184 g/mol. The van der Waals surface area contributed by atoms with Gasteiger partial charge in [0.25, 0.3) is 0 Å². The quantitative estimate of drug-likeness (QED) is 0.691. The molecule has 0 radical (unpaired) electrons. The van der Waals surface area contributed by atoms with E-state index in [4.69, 9.17) is 5.73 Å². The molecule has 0 spiro atoms. The normalized spacial score (nSPS) is 8.91. The van der Waals surface area contributed by atoms with Gasteiger partial charge < -0.3 is 5.73 Å². The molecule has 0 aliphatic carbocycles. The average molecular weight is 193 g/mol. The Morgan fingerprint density at radius 1 is 1.55 bits per heavy atom. The Morgan fingerprint density at radius 2 is 2.27 bits per heavy atom. The van der Waals surface area contributed by atoms with E-state index in [0.717, 1.165) is 5.69 Å². The lowest BCUT2D eigenvalue weighted by Gasteiger charge is -1.93. The highest BCUT2D eigenvalue weighted by Crippen LogP contribution is 2.03. The van der Waals surface area contributed by atoms with Gasteiger partial charge in [0.05, 0.1) is 11.9 Å². The van der Waals surface area contributed by atoms with Crippen LogP contribution in [0.2, 0.25) is 0 Å². The van der Waals surface area contributed by atoms with Crippen LogP contribution in [0.15, 0.2) is 11.4 Å². The molecule has 0 atom stereocenters. The van der Waals surface area contributed by atoms with Crippen molar-refractivity contribution >= 4 is 24.2 Å². The molecule has 0 fully saturated rings. The monoisotopic (exact) mass is 192 g/mol. The van der Waals surface area contributed by atoms with Gasteiger partial charge in [0, 0.05) is 6.54 Å². The van der Waals surface area contributed by atoms with E-state index < -0.39 is 0 Å². The Bertz CT molecular complexity index is 179. The van der Waals surface area contributed by atoms with Gasteiger partial charge in [0.2, 0.25) is 5.16 Å². The van der Waals surface area contributed by atoms with Gasteiger partial charge in [-0.05, 0) is 6.26 Å². The summed E-state index contributed by atoms with van der Waals surface area (Å²) >= 11 is 1.46. The Hall–Kier alpha value is -0.390. The van der Waals surface area contributed by atoms with Gasteiger partial charge in [-0.15, -0.1) is 22.6 Å². The molecule has 4 nitrogen and oxygen atoms in total. The number of nitrogens with two attached hydrogens (primary N) is 1. The van der Waals surface area contributed by atoms with E-state index in [0.29, 0.717) is 11.7 Å². The smallest absolute Gasteiger partial charge is 0.208 e. The number of aromatic nitrogens is 3. The highest BCUT2D eigenvalue weighted by Gasteiger charge is 1.93. The molecule has 0 saturated heterocycles. The van der Waals surface area contributed by atoms with Crippen molar-refractivity contribution < 1.29 is 0 Å². The second-order valence-corrected chi connectivity index (χ2v) is 2.41. The minimum absolute atomic E-state index is 0. The molecule has 1 heterocycles. The standard InChI is InChI=1S/C5H8N4S.ClH/c1-10-5-7-3-4(2-6)8-9-5;/h3H,2,6H2,1H3;1H. The number of rotatable bonds is 2. The molecule has 1 aromatic heterocycles. The summed E-state index contributed by atoms with van der Waals surface area (Å²) in [5, 5.41) is 8.28. The average Bonchev–Trinajstić information content (AvgIpc) is 2.05. The molecule has 1 aromatic rings. The van der Waals surface area contributed by atoms with E-state index in [1.165, 1.54) is 11.8 Å². The SMILES string of the molecule is CSc1ncc(CN)nn1.Cl. The van der Waals surface area contributed by atoms with Crippen molar-refractivity contribution in [3.05, 3.63) is 11.9 Å². The summed E-state index contributed by atoms with van der Waals surface area (Å²) in [6.07, 6.45) is 3.54. The van der Waals surface area contributed by atoms with Crippen LogP contribution in [0.3, 0.4) is 0 Å². The first-order valence-electron chi connectivity index (χ1n) is 2.79. The van der Waals surface area contributed by atoms with Crippen molar-refractivity contribution in [3.8, 4) is 0 Å². The van der Waals surface area contributed by atoms with Gasteiger partial charge in [-0.1, -0.05) is 11.8 Å². The van der Waals surface area contributed by atoms with E-state index in [2.05, 4.69) is 15.2 Å². The Kier molecular flexibility index (Phi) is 5.10. The van der Waals surface area contributed by atoms with Crippen LogP contribution in [0.25, 0.3) is 0 Å². The van der Waals surface area contributed by atoms with Crippen LogP contribution in [-0.2, 0) is 6.54 Å². The molecular formula is C5H9ClN4S. The molecule has 6 heteroatoms. The topological polar surface area (TPSA) is 64.7 Å². The fourth-order valence-electron chi connectivity index (χ4n) is 0.475. The third-order valence-electron chi connectivity index (χ3n) is 0.980. The van der Waals surface area contributed by atoms with E-state index in [-0.39, 0.29) is 12.4 Å². The summed E-state index contributed by atoms with van der Waals surface area (Å²) in [5.74, 6) is 0. The molecule has 2 N–H and O–H groups in total. The summed E-state index contributed by atoms with van der Waals surface area (Å²) in [6, 6.07) is 0. The van der Waals surface area contributed by atoms with Crippen molar-refractivity contribution in [1.82, 2.24) is 15.2 Å². The Balaban J connectivity index is 0.000001000. The molecule has 0 bridgehead atoms. The molecule has 11 heavy (non-hydrogen) atoms. The maximum atomic E-state index is 5.29. The first-order valence-corrected chi connectivity index (χ1v) is 4.02. The van der Waals surface area contributed by atoms with Crippen LogP contribution in [0.4, 0.5) is 0 Å². The van der Waals surface area contributed by atoms with E-state index in [1.54, 1.807) is 6.20 Å². The fraction of sp³-hybridized carbons (Fsp3) is 0.400. The predicted molar refractivity (Wildman–Crippen MR) is 46.7 cm³/mol. The van der Waals surface area contributed by atoms with Crippen molar-refractivity contribution in [2.45, 2.75) is 11.7 Å². The zero-order valence-electron chi connectivity index (χ0n) is 6.02. The highest BCUT2D eigenvalue weighted by atomic mass is 35.5. The maximum absolute atomic E-state index is 5.29. The molecule has 0 aliphatic rings. The van der Waals surface area contributed by atoms with Gasteiger partial charge in [0.15, 0.2) is 0 Å². The number of thioether (sulfide) groups is 1. The van der Waals surface area contributed by atoms with Crippen LogP contribution in [0, 0.1) is 0 Å². The summed E-state index contributed by atoms with van der Waals surface area (Å²) in [7, 11) is 0. The van der Waals surface area contributed by atoms with Gasteiger partial charge >= 0.3 is 0 Å². The fourth-order valence-corrected chi connectivity index (χ4v) is 0.756. The maximum Gasteiger partial charge on any atom is 0.208 e. The van der Waals surface area contributed by atoms with E-state index in [9.17, 15) is 0 Å². The minimum atomic E-state index is 0. The number of halogens is 1. The lowest BCUT2D eigenvalue weighted by molar-refractivity contribution is 0.782. The summed E-state index contributed by atoms with van der Waals surface area (Å²) in [6.45, 7) is 0.397. The lowest BCUT2D eigenvalue weighted by atomic mass is 10.5. The van der Waals surface area contributed by atoms with Crippen LogP contribution in [0.1, 0.15) is 5.69 Å². The summed E-state index contributed by atoms with van der Waals surface area (Å²) in [4.78, 5) is 3.98. The molecule has 0 unspecified atom stereocenters. The van der Waals surface area contributed by atoms with Crippen LogP contribution in [-0.4, -0.2) is 21.4 Å². The van der Waals surface area contributed by atoms with Gasteiger partial charge in [-0.25, -0.2) is 4.98 Å². The first kappa shape index (κ1) is 10.6. The Morgan fingerprint density at radius 3 is 2.64 bits per heavy atom. The van der Waals surface area contributed by atoms with Crippen LogP contribution >= 0.6 is 24.2 Å².